The highest BCUT2D eigenvalue weighted by Crippen LogP contribution is 2.29. The summed E-state index contributed by atoms with van der Waals surface area (Å²) in [5.41, 5.74) is 0.684. The fraction of sp³-hybridized carbons (Fsp3) is 0.250. The van der Waals surface area contributed by atoms with Gasteiger partial charge in [0.1, 0.15) is 18.1 Å². The van der Waals surface area contributed by atoms with Crippen molar-refractivity contribution >= 4 is 29.2 Å². The molecule has 0 fully saturated rings. The molecule has 0 spiro atoms. The zero-order valence-corrected chi connectivity index (χ0v) is 16.0. The first-order valence-electron chi connectivity index (χ1n) is 8.44. The molecule has 0 saturated carbocycles. The summed E-state index contributed by atoms with van der Waals surface area (Å²) in [7, 11) is 0. The van der Waals surface area contributed by atoms with Crippen molar-refractivity contribution in [1.82, 2.24) is 0 Å². The molecule has 6 nitrogen and oxygen atoms in total. The van der Waals surface area contributed by atoms with Crippen LogP contribution in [-0.2, 0) is 9.63 Å². The van der Waals surface area contributed by atoms with Gasteiger partial charge in [-0.05, 0) is 55.0 Å². The van der Waals surface area contributed by atoms with Crippen molar-refractivity contribution in [3.63, 3.8) is 0 Å². The van der Waals surface area contributed by atoms with Gasteiger partial charge in [-0.3, -0.25) is 4.79 Å². The second-order valence-corrected chi connectivity index (χ2v) is 6.62. The van der Waals surface area contributed by atoms with E-state index in [1.54, 1.807) is 30.8 Å². The van der Waals surface area contributed by atoms with Gasteiger partial charge in [0, 0.05) is 22.3 Å². The average molecular weight is 387 g/mol. The predicted octanol–water partition coefficient (Wildman–Crippen LogP) is 3.72. The van der Waals surface area contributed by atoms with Crippen LogP contribution in [0.3, 0.4) is 0 Å². The first-order valence-corrected chi connectivity index (χ1v) is 9.26. The first-order chi connectivity index (χ1) is 13.0. The standard InChI is InChI=1S/C20H21NO5S/c1-3-19(21-26-14(2)23)20(24)15-4-8-17(9-5-15)27-18-10-6-16(7-11-18)25-13-12-22/h4-11,22H,3,12-13H2,1-2H3. The number of Topliss-reactive ketones (excluding diaryl/α,β-unsaturated/α-hetero) is 1. The maximum Gasteiger partial charge on any atom is 0.331 e. The maximum absolute atomic E-state index is 12.4. The summed E-state index contributed by atoms with van der Waals surface area (Å²) in [6.45, 7) is 3.26. The zero-order chi connectivity index (χ0) is 19.6. The number of ether oxygens (including phenoxy) is 1. The van der Waals surface area contributed by atoms with Crippen LogP contribution in [0.4, 0.5) is 0 Å². The number of nitrogens with zero attached hydrogens (tertiary/aromatic N) is 1. The van der Waals surface area contributed by atoms with E-state index in [-0.39, 0.29) is 24.7 Å². The predicted molar refractivity (Wildman–Crippen MR) is 103 cm³/mol. The van der Waals surface area contributed by atoms with Crippen molar-refractivity contribution in [3.05, 3.63) is 54.1 Å². The molecule has 0 radical (unpaired) electrons. The van der Waals surface area contributed by atoms with Crippen LogP contribution in [0.5, 0.6) is 5.75 Å². The Morgan fingerprint density at radius 1 is 1.04 bits per heavy atom. The Hall–Kier alpha value is -2.64. The second kappa shape index (κ2) is 10.5. The van der Waals surface area contributed by atoms with E-state index in [0.29, 0.717) is 17.7 Å². The third-order valence-corrected chi connectivity index (χ3v) is 4.43. The number of oxime groups is 1. The number of aliphatic hydroxyl groups is 1. The third-order valence-electron chi connectivity index (χ3n) is 3.42. The van der Waals surface area contributed by atoms with Crippen molar-refractivity contribution in [2.45, 2.75) is 30.1 Å². The molecule has 142 valence electrons. The molecule has 2 rings (SSSR count). The molecule has 2 aromatic carbocycles. The van der Waals surface area contributed by atoms with Crippen LogP contribution in [0.25, 0.3) is 0 Å². The Bertz CT molecular complexity index is 800. The zero-order valence-electron chi connectivity index (χ0n) is 15.2. The molecule has 0 atom stereocenters. The van der Waals surface area contributed by atoms with Crippen molar-refractivity contribution in [3.8, 4) is 5.75 Å². The van der Waals surface area contributed by atoms with Gasteiger partial charge in [-0.15, -0.1) is 0 Å². The van der Waals surface area contributed by atoms with E-state index in [1.165, 1.54) is 6.92 Å². The lowest BCUT2D eigenvalue weighted by molar-refractivity contribution is -0.140. The number of benzene rings is 2. The minimum Gasteiger partial charge on any atom is -0.491 e. The van der Waals surface area contributed by atoms with Gasteiger partial charge in [-0.2, -0.15) is 0 Å². The number of hydrogen-bond acceptors (Lipinski definition) is 7. The van der Waals surface area contributed by atoms with Gasteiger partial charge in [0.05, 0.1) is 6.61 Å². The molecule has 0 aliphatic carbocycles. The third kappa shape index (κ3) is 6.54. The summed E-state index contributed by atoms with van der Waals surface area (Å²) in [4.78, 5) is 29.8. The molecule has 0 unspecified atom stereocenters. The van der Waals surface area contributed by atoms with E-state index >= 15 is 0 Å². The van der Waals surface area contributed by atoms with Crippen LogP contribution in [0.15, 0.2) is 63.5 Å². The van der Waals surface area contributed by atoms with Gasteiger partial charge < -0.3 is 14.7 Å². The monoisotopic (exact) mass is 387 g/mol. The quantitative estimate of drug-likeness (QED) is 0.305. The minimum absolute atomic E-state index is 0.0209. The van der Waals surface area contributed by atoms with Gasteiger partial charge in [0.2, 0.25) is 5.78 Å². The normalized spacial score (nSPS) is 11.1. The van der Waals surface area contributed by atoms with Crippen molar-refractivity contribution in [2.24, 2.45) is 5.16 Å². The lowest BCUT2D eigenvalue weighted by Gasteiger charge is -2.07. The Morgan fingerprint density at radius 3 is 2.15 bits per heavy atom. The van der Waals surface area contributed by atoms with Crippen molar-refractivity contribution < 1.29 is 24.3 Å². The highest BCUT2D eigenvalue weighted by atomic mass is 32.2. The van der Waals surface area contributed by atoms with Crippen LogP contribution < -0.4 is 4.74 Å². The Kier molecular flexibility index (Phi) is 8.03. The molecule has 0 amide bonds. The van der Waals surface area contributed by atoms with Gasteiger partial charge in [-0.1, -0.05) is 23.8 Å². The Balaban J connectivity index is 2.02. The molecule has 7 heteroatoms. The topological polar surface area (TPSA) is 85.2 Å². The van der Waals surface area contributed by atoms with E-state index < -0.39 is 5.97 Å². The number of carbonyl (C=O) groups excluding carboxylic acids is 2. The van der Waals surface area contributed by atoms with Crippen LogP contribution >= 0.6 is 11.8 Å². The highest BCUT2D eigenvalue weighted by molar-refractivity contribution is 7.99. The van der Waals surface area contributed by atoms with Gasteiger partial charge >= 0.3 is 5.97 Å². The molecule has 0 heterocycles. The molecule has 0 saturated heterocycles. The summed E-state index contributed by atoms with van der Waals surface area (Å²) in [6, 6.07) is 14.7. The molecular weight excluding hydrogens is 366 g/mol. The first kappa shape index (κ1) is 20.7. The molecule has 0 aliphatic heterocycles. The summed E-state index contributed by atoms with van der Waals surface area (Å²) in [5.74, 6) is -0.123. The van der Waals surface area contributed by atoms with E-state index in [2.05, 4.69) is 9.99 Å². The number of hydrogen-bond donors (Lipinski definition) is 1. The van der Waals surface area contributed by atoms with Crippen molar-refractivity contribution in [2.75, 3.05) is 13.2 Å². The Labute approximate surface area is 162 Å². The number of aliphatic hydroxyl groups excluding tert-OH is 1. The smallest absolute Gasteiger partial charge is 0.331 e. The number of rotatable bonds is 9. The number of ketones is 1. The lowest BCUT2D eigenvalue weighted by Crippen LogP contribution is -2.14. The van der Waals surface area contributed by atoms with Crippen molar-refractivity contribution in [1.29, 1.82) is 0 Å². The Morgan fingerprint density at radius 2 is 1.63 bits per heavy atom. The van der Waals surface area contributed by atoms with Crippen LogP contribution in [0.1, 0.15) is 30.6 Å². The summed E-state index contributed by atoms with van der Waals surface area (Å²) in [5, 5.41) is 12.4. The lowest BCUT2D eigenvalue weighted by atomic mass is 10.1. The van der Waals surface area contributed by atoms with Gasteiger partial charge in [0.25, 0.3) is 0 Å². The molecule has 27 heavy (non-hydrogen) atoms. The molecule has 0 bridgehead atoms. The summed E-state index contributed by atoms with van der Waals surface area (Å²) < 4.78 is 5.33. The molecule has 2 aromatic rings. The number of carbonyl (C=O) groups is 2. The van der Waals surface area contributed by atoms with Gasteiger partial charge in [0.15, 0.2) is 0 Å². The molecule has 0 aromatic heterocycles. The largest absolute Gasteiger partial charge is 0.491 e. The molecule has 0 aliphatic rings. The van der Waals surface area contributed by atoms with Crippen LogP contribution in [-0.4, -0.2) is 35.8 Å². The maximum atomic E-state index is 12.4. The van der Waals surface area contributed by atoms with E-state index in [4.69, 9.17) is 9.84 Å². The molecule has 1 N–H and O–H groups in total. The molecular formula is C20H21NO5S. The van der Waals surface area contributed by atoms with Crippen LogP contribution in [0, 0.1) is 0 Å². The average Bonchev–Trinajstić information content (AvgIpc) is 2.68. The minimum atomic E-state index is -0.562. The van der Waals surface area contributed by atoms with E-state index in [9.17, 15) is 9.59 Å². The van der Waals surface area contributed by atoms with Gasteiger partial charge in [-0.25, -0.2) is 4.79 Å². The summed E-state index contributed by atoms with van der Waals surface area (Å²) in [6.07, 6.45) is 0.368. The highest BCUT2D eigenvalue weighted by Gasteiger charge is 2.14. The van der Waals surface area contributed by atoms with Crippen LogP contribution in [0.2, 0.25) is 0 Å². The SMILES string of the molecule is CCC(=NOC(C)=O)C(=O)c1ccc(Sc2ccc(OCCO)cc2)cc1. The fourth-order valence-corrected chi connectivity index (χ4v) is 2.95. The fourth-order valence-electron chi connectivity index (χ4n) is 2.13. The van der Waals surface area contributed by atoms with E-state index in [0.717, 1.165) is 9.79 Å². The summed E-state index contributed by atoms with van der Waals surface area (Å²) >= 11 is 1.55. The second-order valence-electron chi connectivity index (χ2n) is 5.47. The van der Waals surface area contributed by atoms with E-state index in [1.807, 2.05) is 36.4 Å².